The largest absolute Gasteiger partial charge is 0.455 e. The van der Waals surface area contributed by atoms with Gasteiger partial charge in [0.05, 0.1) is 10.5 Å². The molecule has 1 aromatic carbocycles. The van der Waals surface area contributed by atoms with Gasteiger partial charge in [0.15, 0.2) is 5.58 Å². The Bertz CT molecular complexity index is 1180. The second kappa shape index (κ2) is 8.38. The number of fused-ring (bicyclic) bond motifs is 1. The van der Waals surface area contributed by atoms with Gasteiger partial charge in [0.1, 0.15) is 5.76 Å². The van der Waals surface area contributed by atoms with Gasteiger partial charge in [-0.2, -0.15) is 0 Å². The number of hydrogen-bond donors (Lipinski definition) is 1. The van der Waals surface area contributed by atoms with Gasteiger partial charge in [0, 0.05) is 29.4 Å². The monoisotopic (exact) mass is 402 g/mol. The zero-order valence-corrected chi connectivity index (χ0v) is 16.6. The number of aryl methyl sites for hydroxylation is 1. The Balaban J connectivity index is 1.60. The zero-order chi connectivity index (χ0) is 20.2. The Morgan fingerprint density at radius 3 is 2.72 bits per heavy atom. The molecule has 29 heavy (non-hydrogen) atoms. The van der Waals surface area contributed by atoms with Gasteiger partial charge in [-0.3, -0.25) is 19.9 Å². The maximum atomic E-state index is 11.7. The van der Waals surface area contributed by atoms with Crippen molar-refractivity contribution in [1.82, 2.24) is 10.3 Å². The third-order valence-electron chi connectivity index (χ3n) is 4.47. The fourth-order valence-corrected chi connectivity index (χ4v) is 3.63. The molecule has 2 aromatic heterocycles. The number of unbranched alkanes of at least 4 members (excludes halogenated alkanes) is 1. The molecule has 1 N–H and O–H groups in total. The quantitative estimate of drug-likeness (QED) is 0.497. The van der Waals surface area contributed by atoms with Gasteiger partial charge in [0.25, 0.3) is 11.1 Å². The fourth-order valence-electron chi connectivity index (χ4n) is 2.97. The second-order valence-electron chi connectivity index (χ2n) is 6.66. The van der Waals surface area contributed by atoms with E-state index < -0.39 is 5.91 Å². The summed E-state index contributed by atoms with van der Waals surface area (Å²) in [4.78, 5) is 27.5. The van der Waals surface area contributed by atoms with Gasteiger partial charge >= 0.3 is 0 Å². The lowest BCUT2D eigenvalue weighted by atomic mass is 10.1. The molecule has 0 bridgehead atoms. The Hall–Kier alpha value is -3.30. The number of hydrogen-bond acceptors (Lipinski definition) is 5. The summed E-state index contributed by atoms with van der Waals surface area (Å²) in [5, 5.41) is 2.63. The highest BCUT2D eigenvalue weighted by molar-refractivity contribution is 8.18. The van der Waals surface area contributed by atoms with Crippen molar-refractivity contribution in [3.05, 3.63) is 70.1 Å². The molecule has 3 heterocycles. The topological polar surface area (TPSA) is 72.2 Å². The summed E-state index contributed by atoms with van der Waals surface area (Å²) >= 11 is 0.854. The summed E-state index contributed by atoms with van der Waals surface area (Å²) in [7, 11) is 0. The van der Waals surface area contributed by atoms with Crippen LogP contribution >= 0.6 is 11.8 Å². The molecule has 0 saturated carbocycles. The van der Waals surface area contributed by atoms with Gasteiger partial charge in [-0.1, -0.05) is 37.3 Å². The van der Waals surface area contributed by atoms with Crippen LogP contribution in [0.1, 0.15) is 42.2 Å². The SMILES string of the molecule is CCCCc1ccc(C#Cc2cncc3cc(C=C4SC(=O)NC4=O)oc23)cc1. The molecular formula is C23H18N2O3S. The number of aromatic nitrogens is 1. The van der Waals surface area contributed by atoms with Crippen LogP contribution in [0.15, 0.2) is 52.0 Å². The molecule has 0 unspecified atom stereocenters. The highest BCUT2D eigenvalue weighted by Crippen LogP contribution is 2.28. The van der Waals surface area contributed by atoms with Crippen LogP contribution in [0, 0.1) is 11.8 Å². The number of rotatable bonds is 4. The number of nitrogens with zero attached hydrogens (tertiary/aromatic N) is 1. The predicted octanol–water partition coefficient (Wildman–Crippen LogP) is 4.89. The van der Waals surface area contributed by atoms with Crippen molar-refractivity contribution >= 4 is 40.0 Å². The summed E-state index contributed by atoms with van der Waals surface area (Å²) in [5.41, 5.74) is 3.52. The van der Waals surface area contributed by atoms with Crippen molar-refractivity contribution in [1.29, 1.82) is 0 Å². The van der Waals surface area contributed by atoms with E-state index in [2.05, 4.69) is 41.2 Å². The van der Waals surface area contributed by atoms with E-state index in [-0.39, 0.29) is 5.24 Å². The molecule has 0 radical (unpaired) electrons. The molecule has 6 heteroatoms. The van der Waals surface area contributed by atoms with E-state index in [1.807, 2.05) is 12.1 Å². The normalized spacial score (nSPS) is 14.9. The van der Waals surface area contributed by atoms with Crippen molar-refractivity contribution < 1.29 is 14.0 Å². The van der Waals surface area contributed by atoms with E-state index >= 15 is 0 Å². The molecule has 144 valence electrons. The number of amides is 2. The van der Waals surface area contributed by atoms with E-state index in [1.54, 1.807) is 24.5 Å². The molecule has 1 saturated heterocycles. The van der Waals surface area contributed by atoms with Crippen molar-refractivity contribution in [2.75, 3.05) is 0 Å². The third kappa shape index (κ3) is 4.41. The Morgan fingerprint density at radius 1 is 1.17 bits per heavy atom. The van der Waals surface area contributed by atoms with Crippen LogP contribution in [0.4, 0.5) is 4.79 Å². The van der Waals surface area contributed by atoms with Crippen LogP contribution < -0.4 is 5.32 Å². The van der Waals surface area contributed by atoms with Crippen molar-refractivity contribution in [3.63, 3.8) is 0 Å². The first kappa shape index (κ1) is 19.0. The minimum absolute atomic E-state index is 0.304. The summed E-state index contributed by atoms with van der Waals surface area (Å²) in [6.45, 7) is 2.19. The van der Waals surface area contributed by atoms with Crippen LogP contribution in [0.25, 0.3) is 17.0 Å². The maximum Gasteiger partial charge on any atom is 0.290 e. The minimum Gasteiger partial charge on any atom is -0.455 e. The number of carbonyl (C=O) groups is 2. The van der Waals surface area contributed by atoms with E-state index in [9.17, 15) is 9.59 Å². The summed E-state index contributed by atoms with van der Waals surface area (Å²) < 4.78 is 5.87. The van der Waals surface area contributed by atoms with Gasteiger partial charge in [0.2, 0.25) is 0 Å². The van der Waals surface area contributed by atoms with E-state index in [1.165, 1.54) is 18.4 Å². The predicted molar refractivity (Wildman–Crippen MR) is 114 cm³/mol. The van der Waals surface area contributed by atoms with Crippen molar-refractivity contribution in [2.45, 2.75) is 26.2 Å². The summed E-state index contributed by atoms with van der Waals surface area (Å²) in [6.07, 6.45) is 8.34. The Labute approximate surface area is 172 Å². The molecular weight excluding hydrogens is 384 g/mol. The summed E-state index contributed by atoms with van der Waals surface area (Å²) in [6, 6.07) is 10.1. The fraction of sp³-hybridized carbons (Fsp3) is 0.174. The van der Waals surface area contributed by atoms with Crippen LogP contribution in [0.3, 0.4) is 0 Å². The molecule has 0 aliphatic carbocycles. The lowest BCUT2D eigenvalue weighted by Gasteiger charge is -1.99. The maximum absolute atomic E-state index is 11.7. The molecule has 4 rings (SSSR count). The smallest absolute Gasteiger partial charge is 0.290 e. The van der Waals surface area contributed by atoms with Crippen LogP contribution in [0.5, 0.6) is 0 Å². The first-order chi connectivity index (χ1) is 14.1. The molecule has 3 aromatic rings. The summed E-state index contributed by atoms with van der Waals surface area (Å²) in [5.74, 6) is 6.34. The van der Waals surface area contributed by atoms with E-state index in [0.717, 1.165) is 29.1 Å². The molecule has 1 aliphatic rings. The minimum atomic E-state index is -0.416. The Morgan fingerprint density at radius 2 is 2.00 bits per heavy atom. The van der Waals surface area contributed by atoms with E-state index in [0.29, 0.717) is 21.8 Å². The van der Waals surface area contributed by atoms with E-state index in [4.69, 9.17) is 4.42 Å². The molecule has 0 atom stereocenters. The first-order valence-corrected chi connectivity index (χ1v) is 10.2. The van der Waals surface area contributed by atoms with Crippen LogP contribution in [0.2, 0.25) is 0 Å². The number of thioether (sulfide) groups is 1. The molecule has 1 fully saturated rings. The molecule has 2 amide bonds. The van der Waals surface area contributed by atoms with Gasteiger partial charge < -0.3 is 4.42 Å². The van der Waals surface area contributed by atoms with Crippen LogP contribution in [-0.4, -0.2) is 16.1 Å². The van der Waals surface area contributed by atoms with Gasteiger partial charge in [-0.05, 0) is 48.4 Å². The second-order valence-corrected chi connectivity index (χ2v) is 7.67. The standard InChI is InChI=1S/C23H18N2O3S/c1-2-3-4-15-5-7-16(8-6-15)9-10-17-13-24-14-18-11-19(28-21(17)18)12-20-22(26)25-23(27)29-20/h5-8,11-14H,2-4H2,1H3,(H,25,26,27). The average Bonchev–Trinajstić information content (AvgIpc) is 3.27. The number of pyridine rings is 1. The zero-order valence-electron chi connectivity index (χ0n) is 15.8. The van der Waals surface area contributed by atoms with Gasteiger partial charge in [-0.15, -0.1) is 0 Å². The number of benzene rings is 1. The van der Waals surface area contributed by atoms with Gasteiger partial charge in [-0.25, -0.2) is 0 Å². The number of furan rings is 1. The lowest BCUT2D eigenvalue weighted by Crippen LogP contribution is -2.17. The van der Waals surface area contributed by atoms with Crippen molar-refractivity contribution in [2.24, 2.45) is 0 Å². The highest BCUT2D eigenvalue weighted by atomic mass is 32.2. The Kier molecular flexibility index (Phi) is 5.50. The molecule has 0 spiro atoms. The highest BCUT2D eigenvalue weighted by Gasteiger charge is 2.25. The van der Waals surface area contributed by atoms with Crippen LogP contribution in [-0.2, 0) is 11.2 Å². The number of carbonyl (C=O) groups excluding carboxylic acids is 2. The average molecular weight is 402 g/mol. The number of imide groups is 1. The van der Waals surface area contributed by atoms with Crippen molar-refractivity contribution in [3.8, 4) is 11.8 Å². The first-order valence-electron chi connectivity index (χ1n) is 9.36. The number of nitrogens with one attached hydrogen (secondary N) is 1. The lowest BCUT2D eigenvalue weighted by molar-refractivity contribution is -0.115. The molecule has 1 aliphatic heterocycles. The molecule has 5 nitrogen and oxygen atoms in total. The third-order valence-corrected chi connectivity index (χ3v) is 5.28.